The second-order valence-electron chi connectivity index (χ2n) is 6.15. The highest BCUT2D eigenvalue weighted by Crippen LogP contribution is 2.30. The van der Waals surface area contributed by atoms with E-state index < -0.39 is 0 Å². The van der Waals surface area contributed by atoms with E-state index in [1.165, 1.54) is 18.4 Å². The van der Waals surface area contributed by atoms with Crippen LogP contribution < -0.4 is 5.32 Å². The molecule has 1 aliphatic rings. The topological polar surface area (TPSA) is 15.3 Å². The molecule has 1 fully saturated rings. The summed E-state index contributed by atoms with van der Waals surface area (Å²) in [5.74, 6) is 0. The smallest absolute Gasteiger partial charge is 0.0476 e. The average Bonchev–Trinajstić information content (AvgIpc) is 2.47. The van der Waals surface area contributed by atoms with Gasteiger partial charge in [-0.1, -0.05) is 44.2 Å². The summed E-state index contributed by atoms with van der Waals surface area (Å²) in [4.78, 5) is 2.69. The lowest BCUT2D eigenvalue weighted by molar-refractivity contribution is 0.0497. The Kier molecular flexibility index (Phi) is 4.64. The number of nitrogens with one attached hydrogen (secondary N) is 1. The first kappa shape index (κ1) is 14.5. The number of hydrogen-bond donors (Lipinski definition) is 1. The molecule has 19 heavy (non-hydrogen) atoms. The minimum Gasteiger partial charge on any atom is -0.308 e. The van der Waals surface area contributed by atoms with Gasteiger partial charge in [0.25, 0.3) is 0 Å². The Bertz CT molecular complexity index is 390. The number of benzene rings is 1. The average molecular weight is 260 g/mol. The Hall–Kier alpha value is -0.860. The zero-order valence-electron chi connectivity index (χ0n) is 12.8. The van der Waals surface area contributed by atoms with Gasteiger partial charge in [-0.05, 0) is 32.3 Å². The molecule has 0 spiro atoms. The van der Waals surface area contributed by atoms with E-state index >= 15 is 0 Å². The van der Waals surface area contributed by atoms with Gasteiger partial charge in [-0.3, -0.25) is 4.90 Å². The minimum absolute atomic E-state index is 0.259. The summed E-state index contributed by atoms with van der Waals surface area (Å²) in [6.07, 6.45) is 2.39. The molecule has 0 saturated carbocycles. The molecule has 3 unspecified atom stereocenters. The first-order valence-corrected chi connectivity index (χ1v) is 7.65. The summed E-state index contributed by atoms with van der Waals surface area (Å²) in [5.41, 5.74) is 1.70. The van der Waals surface area contributed by atoms with Crippen LogP contribution in [-0.4, -0.2) is 29.6 Å². The molecule has 0 bridgehead atoms. The minimum atomic E-state index is 0.259. The molecular formula is C17H28N2. The molecule has 2 heteroatoms. The molecule has 1 aromatic carbocycles. The molecule has 1 aliphatic heterocycles. The van der Waals surface area contributed by atoms with E-state index in [0.717, 1.165) is 13.1 Å². The Morgan fingerprint density at radius 2 is 2.00 bits per heavy atom. The van der Waals surface area contributed by atoms with Crippen LogP contribution in [0.15, 0.2) is 30.3 Å². The van der Waals surface area contributed by atoms with Gasteiger partial charge in [0.2, 0.25) is 0 Å². The van der Waals surface area contributed by atoms with Crippen molar-refractivity contribution in [1.82, 2.24) is 10.2 Å². The van der Waals surface area contributed by atoms with Crippen molar-refractivity contribution in [3.63, 3.8) is 0 Å². The summed E-state index contributed by atoms with van der Waals surface area (Å²) in [5, 5.41) is 3.76. The van der Waals surface area contributed by atoms with E-state index in [-0.39, 0.29) is 5.54 Å². The summed E-state index contributed by atoms with van der Waals surface area (Å²) in [6, 6.07) is 12.1. The predicted octanol–water partition coefficient (Wildman–Crippen LogP) is 3.60. The maximum absolute atomic E-state index is 3.76. The second-order valence-corrected chi connectivity index (χ2v) is 6.15. The van der Waals surface area contributed by atoms with Crippen molar-refractivity contribution in [1.29, 1.82) is 0 Å². The van der Waals surface area contributed by atoms with E-state index in [0.29, 0.717) is 12.1 Å². The maximum atomic E-state index is 3.76. The van der Waals surface area contributed by atoms with Crippen molar-refractivity contribution in [2.24, 2.45) is 0 Å². The van der Waals surface area contributed by atoms with Gasteiger partial charge in [-0.2, -0.15) is 0 Å². The highest BCUT2D eigenvalue weighted by atomic mass is 15.3. The lowest BCUT2D eigenvalue weighted by atomic mass is 9.89. The fraction of sp³-hybridized carbons (Fsp3) is 0.647. The third-order valence-electron chi connectivity index (χ3n) is 4.78. The van der Waals surface area contributed by atoms with Crippen LogP contribution in [0.25, 0.3) is 0 Å². The highest BCUT2D eigenvalue weighted by Gasteiger charge is 2.36. The summed E-state index contributed by atoms with van der Waals surface area (Å²) in [6.45, 7) is 11.5. The second kappa shape index (κ2) is 6.06. The van der Waals surface area contributed by atoms with Crippen LogP contribution in [0.3, 0.4) is 0 Å². The van der Waals surface area contributed by atoms with Gasteiger partial charge in [0, 0.05) is 30.7 Å². The van der Waals surface area contributed by atoms with E-state index in [2.05, 4.69) is 68.2 Å². The van der Waals surface area contributed by atoms with Gasteiger partial charge >= 0.3 is 0 Å². The van der Waals surface area contributed by atoms with Crippen molar-refractivity contribution >= 4 is 0 Å². The predicted molar refractivity (Wildman–Crippen MR) is 82.3 cm³/mol. The first-order valence-electron chi connectivity index (χ1n) is 7.65. The molecule has 1 saturated heterocycles. The standard InChI is InChI=1S/C17H28N2/c1-5-14(3)19-13-17(4,6-2)18-12-16(19)15-10-8-7-9-11-15/h7-11,14,16,18H,5-6,12-13H2,1-4H3. The quantitative estimate of drug-likeness (QED) is 0.890. The highest BCUT2D eigenvalue weighted by molar-refractivity contribution is 5.21. The molecule has 2 nitrogen and oxygen atoms in total. The zero-order chi connectivity index (χ0) is 13.9. The molecule has 1 aromatic rings. The van der Waals surface area contributed by atoms with Crippen LogP contribution in [-0.2, 0) is 0 Å². The molecule has 1 heterocycles. The van der Waals surface area contributed by atoms with Gasteiger partial charge in [0.15, 0.2) is 0 Å². The molecule has 0 amide bonds. The number of rotatable bonds is 4. The number of nitrogens with zero attached hydrogens (tertiary/aromatic N) is 1. The molecule has 0 aromatic heterocycles. The Morgan fingerprint density at radius 3 is 2.58 bits per heavy atom. The van der Waals surface area contributed by atoms with Crippen molar-refractivity contribution in [3.8, 4) is 0 Å². The molecular weight excluding hydrogens is 232 g/mol. The molecule has 106 valence electrons. The Morgan fingerprint density at radius 1 is 1.32 bits per heavy atom. The molecule has 1 N–H and O–H groups in total. The third kappa shape index (κ3) is 3.18. The Balaban J connectivity index is 2.23. The summed E-state index contributed by atoms with van der Waals surface area (Å²) >= 11 is 0. The fourth-order valence-corrected chi connectivity index (χ4v) is 2.95. The fourth-order valence-electron chi connectivity index (χ4n) is 2.95. The Labute approximate surface area is 118 Å². The van der Waals surface area contributed by atoms with E-state index in [9.17, 15) is 0 Å². The third-order valence-corrected chi connectivity index (χ3v) is 4.78. The van der Waals surface area contributed by atoms with Crippen LogP contribution >= 0.6 is 0 Å². The normalized spacial score (nSPS) is 30.2. The first-order chi connectivity index (χ1) is 9.09. The lowest BCUT2D eigenvalue weighted by Gasteiger charge is -2.48. The maximum Gasteiger partial charge on any atom is 0.0476 e. The van der Waals surface area contributed by atoms with Gasteiger partial charge in [-0.15, -0.1) is 0 Å². The molecule has 3 atom stereocenters. The van der Waals surface area contributed by atoms with Crippen molar-refractivity contribution in [3.05, 3.63) is 35.9 Å². The summed E-state index contributed by atoms with van der Waals surface area (Å²) in [7, 11) is 0. The van der Waals surface area contributed by atoms with Crippen LogP contribution in [0.2, 0.25) is 0 Å². The van der Waals surface area contributed by atoms with Gasteiger partial charge in [0.05, 0.1) is 0 Å². The van der Waals surface area contributed by atoms with Gasteiger partial charge in [-0.25, -0.2) is 0 Å². The van der Waals surface area contributed by atoms with Crippen molar-refractivity contribution < 1.29 is 0 Å². The largest absolute Gasteiger partial charge is 0.308 e. The van der Waals surface area contributed by atoms with Crippen LogP contribution in [0.4, 0.5) is 0 Å². The summed E-state index contributed by atoms with van der Waals surface area (Å²) < 4.78 is 0. The van der Waals surface area contributed by atoms with E-state index in [1.54, 1.807) is 0 Å². The van der Waals surface area contributed by atoms with Crippen molar-refractivity contribution in [2.45, 2.75) is 58.2 Å². The molecule has 0 aliphatic carbocycles. The SMILES string of the molecule is CCC(C)N1CC(C)(CC)NCC1c1ccccc1. The lowest BCUT2D eigenvalue weighted by Crippen LogP contribution is -2.61. The van der Waals surface area contributed by atoms with Gasteiger partial charge in [0.1, 0.15) is 0 Å². The monoisotopic (exact) mass is 260 g/mol. The van der Waals surface area contributed by atoms with E-state index in [4.69, 9.17) is 0 Å². The van der Waals surface area contributed by atoms with Crippen LogP contribution in [0.1, 0.15) is 52.1 Å². The van der Waals surface area contributed by atoms with E-state index in [1.807, 2.05) is 0 Å². The molecule has 2 rings (SSSR count). The number of piperazine rings is 1. The zero-order valence-corrected chi connectivity index (χ0v) is 12.8. The van der Waals surface area contributed by atoms with Crippen molar-refractivity contribution in [2.75, 3.05) is 13.1 Å². The molecule has 0 radical (unpaired) electrons. The number of hydrogen-bond acceptors (Lipinski definition) is 2. The van der Waals surface area contributed by atoms with Gasteiger partial charge < -0.3 is 5.32 Å². The van der Waals surface area contributed by atoms with Crippen LogP contribution in [0, 0.1) is 0 Å². The van der Waals surface area contributed by atoms with Crippen LogP contribution in [0.5, 0.6) is 0 Å².